The second kappa shape index (κ2) is 8.54. The predicted molar refractivity (Wildman–Crippen MR) is 110 cm³/mol. The van der Waals surface area contributed by atoms with Gasteiger partial charge in [0.15, 0.2) is 0 Å². The Hall–Kier alpha value is -2.70. The zero-order chi connectivity index (χ0) is 19.3. The van der Waals surface area contributed by atoms with Crippen LogP contribution in [-0.4, -0.2) is 57.0 Å². The summed E-state index contributed by atoms with van der Waals surface area (Å²) >= 11 is 0. The second-order valence-corrected chi connectivity index (χ2v) is 6.99. The van der Waals surface area contributed by atoms with Gasteiger partial charge in [0.2, 0.25) is 0 Å². The van der Waals surface area contributed by atoms with Gasteiger partial charge in [-0.05, 0) is 12.3 Å². The van der Waals surface area contributed by atoms with Gasteiger partial charge in [0, 0.05) is 17.0 Å². The summed E-state index contributed by atoms with van der Waals surface area (Å²) in [5.74, 6) is -0.341. The topological polar surface area (TPSA) is 64.9 Å². The Morgan fingerprint density at radius 3 is 2.82 bits per heavy atom. The van der Waals surface area contributed by atoms with E-state index in [2.05, 4.69) is 28.5 Å². The molecule has 0 radical (unpaired) electrons. The Balaban J connectivity index is 1.69. The first-order valence-electron chi connectivity index (χ1n) is 9.90. The summed E-state index contributed by atoms with van der Waals surface area (Å²) in [6.45, 7) is 7.57. The molecule has 4 rings (SSSR count). The summed E-state index contributed by atoms with van der Waals surface area (Å²) in [6.07, 6.45) is 1.64. The largest absolute Gasteiger partial charge is 0.462 e. The molecule has 1 saturated heterocycles. The predicted octanol–water partition coefficient (Wildman–Crippen LogP) is 1.89. The third-order valence-corrected chi connectivity index (χ3v) is 5.24. The number of benzene rings is 2. The number of nitrogens with zero attached hydrogens (tertiary/aromatic N) is 1. The normalized spacial score (nSPS) is 15.0. The summed E-state index contributed by atoms with van der Waals surface area (Å²) in [7, 11) is 0. The molecule has 6 nitrogen and oxygen atoms in total. The van der Waals surface area contributed by atoms with Crippen molar-refractivity contribution < 1.29 is 19.2 Å². The zero-order valence-corrected chi connectivity index (χ0v) is 16.2. The lowest BCUT2D eigenvalue weighted by Crippen LogP contribution is -3.14. The highest BCUT2D eigenvalue weighted by Gasteiger charge is 2.19. The third kappa shape index (κ3) is 3.79. The lowest BCUT2D eigenvalue weighted by Gasteiger charge is -2.24. The van der Waals surface area contributed by atoms with Crippen molar-refractivity contribution in [1.82, 2.24) is 4.98 Å². The maximum atomic E-state index is 12.5. The van der Waals surface area contributed by atoms with Crippen molar-refractivity contribution >= 4 is 33.3 Å². The first kappa shape index (κ1) is 18.7. The highest BCUT2D eigenvalue weighted by Crippen LogP contribution is 2.31. The molecular formula is C22H26N3O3+. The van der Waals surface area contributed by atoms with E-state index in [0.717, 1.165) is 66.8 Å². The van der Waals surface area contributed by atoms with Crippen molar-refractivity contribution in [1.29, 1.82) is 0 Å². The third-order valence-electron chi connectivity index (χ3n) is 5.24. The number of nitrogens with one attached hydrogen (secondary N) is 2. The molecule has 28 heavy (non-hydrogen) atoms. The van der Waals surface area contributed by atoms with Gasteiger partial charge in [-0.2, -0.15) is 0 Å². The van der Waals surface area contributed by atoms with Crippen LogP contribution in [0.3, 0.4) is 0 Å². The van der Waals surface area contributed by atoms with Gasteiger partial charge in [0.05, 0.1) is 44.1 Å². The van der Waals surface area contributed by atoms with Gasteiger partial charge in [-0.25, -0.2) is 4.79 Å². The van der Waals surface area contributed by atoms with Crippen molar-refractivity contribution in [3.8, 4) is 0 Å². The first-order valence-corrected chi connectivity index (χ1v) is 9.90. The maximum Gasteiger partial charge on any atom is 0.341 e. The van der Waals surface area contributed by atoms with Gasteiger partial charge < -0.3 is 19.7 Å². The molecule has 2 heterocycles. The number of carbonyl (C=O) groups excluding carboxylic acids is 1. The van der Waals surface area contributed by atoms with Crippen molar-refractivity contribution in [3.05, 3.63) is 48.2 Å². The van der Waals surface area contributed by atoms with Crippen LogP contribution in [0.15, 0.2) is 42.6 Å². The molecule has 1 fully saturated rings. The molecule has 0 bridgehead atoms. The molecule has 3 aromatic rings. The average molecular weight is 380 g/mol. The Kier molecular flexibility index (Phi) is 5.69. The van der Waals surface area contributed by atoms with Crippen LogP contribution in [0.4, 0.5) is 5.69 Å². The molecule has 0 atom stereocenters. The lowest BCUT2D eigenvalue weighted by atomic mass is 10.0. The number of rotatable bonds is 6. The molecule has 0 saturated carbocycles. The Labute approximate surface area is 164 Å². The minimum atomic E-state index is -0.341. The smallest absolute Gasteiger partial charge is 0.341 e. The molecule has 0 aliphatic carbocycles. The van der Waals surface area contributed by atoms with Crippen LogP contribution in [-0.2, 0) is 9.47 Å². The van der Waals surface area contributed by atoms with Crippen molar-refractivity contribution in [2.45, 2.75) is 6.92 Å². The monoisotopic (exact) mass is 380 g/mol. The Morgan fingerprint density at radius 2 is 2.00 bits per heavy atom. The fourth-order valence-corrected chi connectivity index (χ4v) is 3.76. The van der Waals surface area contributed by atoms with Gasteiger partial charge in [0.1, 0.15) is 18.7 Å². The lowest BCUT2D eigenvalue weighted by molar-refractivity contribution is -0.906. The minimum Gasteiger partial charge on any atom is -0.462 e. The molecule has 1 aromatic heterocycles. The van der Waals surface area contributed by atoms with Crippen LogP contribution >= 0.6 is 0 Å². The number of carbonyl (C=O) groups is 1. The molecule has 0 unspecified atom stereocenters. The van der Waals surface area contributed by atoms with Gasteiger partial charge in [-0.1, -0.05) is 36.4 Å². The number of hydrogen-bond acceptors (Lipinski definition) is 5. The summed E-state index contributed by atoms with van der Waals surface area (Å²) in [6, 6.07) is 12.3. The Bertz CT molecular complexity index is 983. The van der Waals surface area contributed by atoms with Crippen molar-refractivity contribution in [3.63, 3.8) is 0 Å². The summed E-state index contributed by atoms with van der Waals surface area (Å²) in [5, 5.41) is 6.67. The molecule has 2 aromatic carbocycles. The van der Waals surface area contributed by atoms with Crippen LogP contribution in [0.5, 0.6) is 0 Å². The number of aromatic nitrogens is 1. The average Bonchev–Trinajstić information content (AvgIpc) is 2.74. The standard InChI is InChI=1S/C22H25N3O3/c1-2-28-22(26)19-15-24-20-17-6-4-3-5-16(17)7-8-18(20)21(19)23-9-10-25-11-13-27-14-12-25/h3-8,15H,2,9-14H2,1H3,(H,23,24)/p+1. The number of morpholine rings is 1. The van der Waals surface area contributed by atoms with E-state index < -0.39 is 0 Å². The number of anilines is 1. The summed E-state index contributed by atoms with van der Waals surface area (Å²) < 4.78 is 10.7. The molecule has 1 aliphatic heterocycles. The molecule has 0 amide bonds. The van der Waals surface area contributed by atoms with Crippen LogP contribution in [0.25, 0.3) is 21.7 Å². The zero-order valence-electron chi connectivity index (χ0n) is 16.2. The van der Waals surface area contributed by atoms with Crippen LogP contribution in [0.1, 0.15) is 17.3 Å². The molecular weight excluding hydrogens is 354 g/mol. The minimum absolute atomic E-state index is 0.339. The van der Waals surface area contributed by atoms with Crippen LogP contribution in [0.2, 0.25) is 0 Å². The van der Waals surface area contributed by atoms with E-state index in [1.54, 1.807) is 6.20 Å². The maximum absolute atomic E-state index is 12.5. The SMILES string of the molecule is CCOC(=O)c1cnc2c(ccc3ccccc32)c1NCC[NH+]1CCOCC1. The molecule has 1 aliphatic rings. The van der Waals surface area contributed by atoms with Gasteiger partial charge in [-0.15, -0.1) is 0 Å². The van der Waals surface area contributed by atoms with Crippen molar-refractivity contribution in [2.24, 2.45) is 0 Å². The fraction of sp³-hybridized carbons (Fsp3) is 0.364. The Morgan fingerprint density at radius 1 is 1.18 bits per heavy atom. The first-order chi connectivity index (χ1) is 13.8. The van der Waals surface area contributed by atoms with E-state index in [1.165, 1.54) is 4.90 Å². The fourth-order valence-electron chi connectivity index (χ4n) is 3.76. The molecule has 6 heteroatoms. The summed E-state index contributed by atoms with van der Waals surface area (Å²) in [5.41, 5.74) is 2.19. The number of esters is 1. The van der Waals surface area contributed by atoms with E-state index in [0.29, 0.717) is 12.2 Å². The molecule has 146 valence electrons. The van der Waals surface area contributed by atoms with Crippen LogP contribution in [0, 0.1) is 0 Å². The number of ether oxygens (including phenoxy) is 2. The van der Waals surface area contributed by atoms with Crippen LogP contribution < -0.4 is 10.2 Å². The number of fused-ring (bicyclic) bond motifs is 3. The van der Waals surface area contributed by atoms with Gasteiger partial charge in [0.25, 0.3) is 0 Å². The molecule has 0 spiro atoms. The van der Waals surface area contributed by atoms with E-state index in [1.807, 2.05) is 25.1 Å². The second-order valence-electron chi connectivity index (χ2n) is 6.99. The highest BCUT2D eigenvalue weighted by molar-refractivity contribution is 6.13. The van der Waals surface area contributed by atoms with Gasteiger partial charge >= 0.3 is 5.97 Å². The van der Waals surface area contributed by atoms with Gasteiger partial charge in [-0.3, -0.25) is 4.98 Å². The van der Waals surface area contributed by atoms with E-state index in [9.17, 15) is 4.79 Å². The van der Waals surface area contributed by atoms with E-state index >= 15 is 0 Å². The number of quaternary nitrogens is 1. The highest BCUT2D eigenvalue weighted by atomic mass is 16.5. The van der Waals surface area contributed by atoms with E-state index in [-0.39, 0.29) is 5.97 Å². The molecule has 2 N–H and O–H groups in total. The quantitative estimate of drug-likeness (QED) is 0.505. The van der Waals surface area contributed by atoms with Crippen molar-refractivity contribution in [2.75, 3.05) is 51.3 Å². The number of pyridine rings is 1. The summed E-state index contributed by atoms with van der Waals surface area (Å²) in [4.78, 5) is 18.6. The number of hydrogen-bond donors (Lipinski definition) is 2. The van der Waals surface area contributed by atoms with E-state index in [4.69, 9.17) is 9.47 Å².